The predicted molar refractivity (Wildman–Crippen MR) is 98.7 cm³/mol. The zero-order valence-corrected chi connectivity index (χ0v) is 14.9. The number of hydrogen-bond donors (Lipinski definition) is 1. The molecule has 0 unspecified atom stereocenters. The summed E-state index contributed by atoms with van der Waals surface area (Å²) in [5.41, 5.74) is 1.44. The quantitative estimate of drug-likeness (QED) is 0.753. The smallest absolute Gasteiger partial charge is 0.236 e. The van der Waals surface area contributed by atoms with E-state index in [0.29, 0.717) is 5.13 Å². The van der Waals surface area contributed by atoms with Crippen molar-refractivity contribution in [2.45, 2.75) is 18.3 Å². The largest absolute Gasteiger partial charge is 0.497 e. The summed E-state index contributed by atoms with van der Waals surface area (Å²) in [5, 5.41) is 3.61. The molecule has 128 valence electrons. The lowest BCUT2D eigenvalue weighted by atomic mass is 9.95. The number of nitrogens with one attached hydrogen (secondary N) is 1. The van der Waals surface area contributed by atoms with Crippen molar-refractivity contribution in [3.05, 3.63) is 48.0 Å². The Hall–Kier alpha value is -2.60. The van der Waals surface area contributed by atoms with Gasteiger partial charge in [0.1, 0.15) is 11.5 Å². The maximum Gasteiger partial charge on any atom is 0.236 e. The number of hydrogen-bond acceptors (Lipinski definition) is 5. The Morgan fingerprint density at radius 2 is 1.76 bits per heavy atom. The molecule has 5 nitrogen and oxygen atoms in total. The second kappa shape index (κ2) is 6.04. The topological polar surface area (TPSA) is 60.5 Å². The number of nitrogens with zero attached hydrogens (tertiary/aromatic N) is 1. The minimum absolute atomic E-state index is 0.00341. The van der Waals surface area contributed by atoms with Gasteiger partial charge in [-0.15, -0.1) is 0 Å². The second-order valence-corrected chi connectivity index (χ2v) is 7.15. The van der Waals surface area contributed by atoms with E-state index < -0.39 is 5.41 Å². The van der Waals surface area contributed by atoms with Crippen LogP contribution in [0.3, 0.4) is 0 Å². The summed E-state index contributed by atoms with van der Waals surface area (Å²) in [6, 6.07) is 13.4. The van der Waals surface area contributed by atoms with Gasteiger partial charge in [-0.05, 0) is 48.7 Å². The van der Waals surface area contributed by atoms with Crippen LogP contribution in [-0.2, 0) is 10.2 Å². The van der Waals surface area contributed by atoms with Gasteiger partial charge in [-0.25, -0.2) is 4.98 Å². The summed E-state index contributed by atoms with van der Waals surface area (Å²) in [5.74, 6) is 1.58. The van der Waals surface area contributed by atoms with E-state index in [2.05, 4.69) is 10.3 Å². The van der Waals surface area contributed by atoms with Crippen LogP contribution in [0.5, 0.6) is 11.5 Å². The van der Waals surface area contributed by atoms with Gasteiger partial charge in [-0.3, -0.25) is 4.79 Å². The van der Waals surface area contributed by atoms with Crippen molar-refractivity contribution in [3.63, 3.8) is 0 Å². The summed E-state index contributed by atoms with van der Waals surface area (Å²) in [6.45, 7) is 0. The number of fused-ring (bicyclic) bond motifs is 1. The highest BCUT2D eigenvalue weighted by molar-refractivity contribution is 7.22. The monoisotopic (exact) mass is 354 g/mol. The molecule has 1 fully saturated rings. The number of anilines is 1. The molecule has 1 aliphatic rings. The molecule has 4 rings (SSSR count). The van der Waals surface area contributed by atoms with Crippen LogP contribution >= 0.6 is 11.3 Å². The second-order valence-electron chi connectivity index (χ2n) is 6.12. The fraction of sp³-hybridized carbons (Fsp3) is 0.263. The van der Waals surface area contributed by atoms with Crippen LogP contribution in [0.2, 0.25) is 0 Å². The highest BCUT2D eigenvalue weighted by Crippen LogP contribution is 2.49. The van der Waals surface area contributed by atoms with E-state index in [1.54, 1.807) is 14.2 Å². The first-order valence-corrected chi connectivity index (χ1v) is 8.87. The van der Waals surface area contributed by atoms with E-state index in [-0.39, 0.29) is 5.91 Å². The van der Waals surface area contributed by atoms with Gasteiger partial charge >= 0.3 is 0 Å². The van der Waals surface area contributed by atoms with E-state index in [0.717, 1.165) is 40.1 Å². The summed E-state index contributed by atoms with van der Waals surface area (Å²) >= 11 is 1.46. The standard InChI is InChI=1S/C19H18N2O3S/c1-23-13-5-3-12(4-6-13)19(9-10-19)17(22)21-18-20-15-8-7-14(24-2)11-16(15)25-18/h3-8,11H,9-10H2,1-2H3,(H,20,21,22). The van der Waals surface area contributed by atoms with Crippen LogP contribution in [0, 0.1) is 0 Å². The van der Waals surface area contributed by atoms with Crippen molar-refractivity contribution >= 4 is 32.6 Å². The van der Waals surface area contributed by atoms with Crippen molar-refractivity contribution < 1.29 is 14.3 Å². The van der Waals surface area contributed by atoms with Crippen LogP contribution in [0.1, 0.15) is 18.4 Å². The highest BCUT2D eigenvalue weighted by atomic mass is 32.1. The number of thiazole rings is 1. The van der Waals surface area contributed by atoms with Crippen molar-refractivity contribution in [1.82, 2.24) is 4.98 Å². The average Bonchev–Trinajstić information content (AvgIpc) is 3.36. The molecule has 25 heavy (non-hydrogen) atoms. The minimum Gasteiger partial charge on any atom is -0.497 e. The Morgan fingerprint density at radius 3 is 2.40 bits per heavy atom. The van der Waals surface area contributed by atoms with E-state index in [1.807, 2.05) is 42.5 Å². The van der Waals surface area contributed by atoms with Gasteiger partial charge in [-0.1, -0.05) is 23.5 Å². The van der Waals surface area contributed by atoms with Crippen LogP contribution < -0.4 is 14.8 Å². The number of benzene rings is 2. The third-order valence-electron chi connectivity index (χ3n) is 4.64. The molecule has 1 heterocycles. The van der Waals surface area contributed by atoms with E-state index in [4.69, 9.17) is 9.47 Å². The van der Waals surface area contributed by atoms with Crippen molar-refractivity contribution in [2.75, 3.05) is 19.5 Å². The number of methoxy groups -OCH3 is 2. The van der Waals surface area contributed by atoms with Crippen LogP contribution in [-0.4, -0.2) is 25.1 Å². The molecule has 1 saturated carbocycles. The zero-order chi connectivity index (χ0) is 17.4. The van der Waals surface area contributed by atoms with Crippen molar-refractivity contribution in [2.24, 2.45) is 0 Å². The molecule has 1 aromatic heterocycles. The van der Waals surface area contributed by atoms with E-state index >= 15 is 0 Å². The fourth-order valence-corrected chi connectivity index (χ4v) is 3.87. The van der Waals surface area contributed by atoms with Gasteiger partial charge in [0.15, 0.2) is 5.13 Å². The Balaban J connectivity index is 1.56. The van der Waals surface area contributed by atoms with Gasteiger partial charge in [0.05, 0.1) is 29.9 Å². The maximum atomic E-state index is 12.9. The Labute approximate surface area is 149 Å². The van der Waals surface area contributed by atoms with Gasteiger partial charge in [0.25, 0.3) is 0 Å². The predicted octanol–water partition coefficient (Wildman–Crippen LogP) is 3.98. The molecule has 1 aliphatic carbocycles. The normalized spacial score (nSPS) is 15.0. The number of ether oxygens (including phenoxy) is 2. The Morgan fingerprint density at radius 1 is 1.08 bits per heavy atom. The van der Waals surface area contributed by atoms with Crippen LogP contribution in [0.4, 0.5) is 5.13 Å². The first-order valence-electron chi connectivity index (χ1n) is 8.05. The first-order chi connectivity index (χ1) is 12.1. The van der Waals surface area contributed by atoms with Crippen molar-refractivity contribution in [3.8, 4) is 11.5 Å². The molecule has 6 heteroatoms. The van der Waals surface area contributed by atoms with E-state index in [9.17, 15) is 4.79 Å². The third-order valence-corrected chi connectivity index (χ3v) is 5.58. The number of amides is 1. The highest BCUT2D eigenvalue weighted by Gasteiger charge is 2.51. The molecular formula is C19H18N2O3S. The van der Waals surface area contributed by atoms with Gasteiger partial charge < -0.3 is 14.8 Å². The Bertz CT molecular complexity index is 929. The summed E-state index contributed by atoms with van der Waals surface area (Å²) < 4.78 is 11.4. The molecule has 0 bridgehead atoms. The molecule has 0 atom stereocenters. The average molecular weight is 354 g/mol. The third kappa shape index (κ3) is 2.82. The zero-order valence-electron chi connectivity index (χ0n) is 14.0. The lowest BCUT2D eigenvalue weighted by Gasteiger charge is -2.15. The van der Waals surface area contributed by atoms with Crippen LogP contribution in [0.15, 0.2) is 42.5 Å². The molecule has 2 aromatic carbocycles. The molecule has 0 aliphatic heterocycles. The lowest BCUT2D eigenvalue weighted by Crippen LogP contribution is -2.27. The summed E-state index contributed by atoms with van der Waals surface area (Å²) in [7, 11) is 3.27. The van der Waals surface area contributed by atoms with E-state index in [1.165, 1.54) is 11.3 Å². The minimum atomic E-state index is -0.443. The summed E-state index contributed by atoms with van der Waals surface area (Å²) in [6.07, 6.45) is 1.70. The molecule has 1 N–H and O–H groups in total. The van der Waals surface area contributed by atoms with Gasteiger partial charge in [-0.2, -0.15) is 0 Å². The summed E-state index contributed by atoms with van der Waals surface area (Å²) in [4.78, 5) is 17.4. The molecule has 1 amide bonds. The first kappa shape index (κ1) is 15.9. The number of carbonyl (C=O) groups is 1. The SMILES string of the molecule is COc1ccc(C2(C(=O)Nc3nc4ccc(OC)cc4s3)CC2)cc1. The fourth-order valence-electron chi connectivity index (χ4n) is 2.98. The molecular weight excluding hydrogens is 336 g/mol. The molecule has 0 spiro atoms. The Kier molecular flexibility index (Phi) is 3.84. The molecule has 0 saturated heterocycles. The lowest BCUT2D eigenvalue weighted by molar-refractivity contribution is -0.118. The van der Waals surface area contributed by atoms with Crippen LogP contribution in [0.25, 0.3) is 10.2 Å². The molecule has 0 radical (unpaired) electrons. The molecule has 3 aromatic rings. The maximum absolute atomic E-state index is 12.9. The number of rotatable bonds is 5. The number of carbonyl (C=O) groups excluding carboxylic acids is 1. The van der Waals surface area contributed by atoms with Gasteiger partial charge in [0, 0.05) is 0 Å². The van der Waals surface area contributed by atoms with Crippen molar-refractivity contribution in [1.29, 1.82) is 0 Å². The van der Waals surface area contributed by atoms with Gasteiger partial charge in [0.2, 0.25) is 5.91 Å². The number of aromatic nitrogens is 1.